The third kappa shape index (κ3) is 4.50. The van der Waals surface area contributed by atoms with Gasteiger partial charge in [0.15, 0.2) is 11.5 Å². The SMILES string of the molecule is COc1ccc(CCC(=O)C2=C(O)C(CCc3ccccc3)=NC2=O)cc1. The van der Waals surface area contributed by atoms with Crippen molar-refractivity contribution in [1.29, 1.82) is 0 Å². The van der Waals surface area contributed by atoms with Gasteiger partial charge in [-0.15, -0.1) is 0 Å². The lowest BCUT2D eigenvalue weighted by Crippen LogP contribution is -2.12. The van der Waals surface area contributed by atoms with E-state index in [9.17, 15) is 14.7 Å². The first-order valence-electron chi connectivity index (χ1n) is 8.84. The number of carbonyl (C=O) groups excluding carboxylic acids is 2. The number of methoxy groups -OCH3 is 1. The van der Waals surface area contributed by atoms with Crippen molar-refractivity contribution in [3.63, 3.8) is 0 Å². The van der Waals surface area contributed by atoms with E-state index in [1.54, 1.807) is 7.11 Å². The fraction of sp³-hybridized carbons (Fsp3) is 0.227. The van der Waals surface area contributed by atoms with Crippen LogP contribution >= 0.6 is 0 Å². The molecule has 0 atom stereocenters. The molecule has 0 aromatic heterocycles. The zero-order valence-corrected chi connectivity index (χ0v) is 15.1. The van der Waals surface area contributed by atoms with E-state index < -0.39 is 5.91 Å². The number of ether oxygens (including phenoxy) is 1. The molecule has 1 aliphatic heterocycles. The molecule has 0 saturated heterocycles. The van der Waals surface area contributed by atoms with Gasteiger partial charge in [-0.1, -0.05) is 42.5 Å². The molecule has 27 heavy (non-hydrogen) atoms. The van der Waals surface area contributed by atoms with E-state index in [2.05, 4.69) is 4.99 Å². The van der Waals surface area contributed by atoms with Crippen LogP contribution in [0.4, 0.5) is 0 Å². The molecule has 0 bridgehead atoms. The molecule has 5 heteroatoms. The predicted molar refractivity (Wildman–Crippen MR) is 103 cm³/mol. The lowest BCUT2D eigenvalue weighted by molar-refractivity contribution is -0.120. The standard InChI is InChI=1S/C22H21NO4/c1-27-17-11-7-16(8-12-17)10-14-19(24)20-21(25)18(23-22(20)26)13-9-15-5-3-2-4-6-15/h2-8,11-12,25H,9-10,13-14H2,1H3. The number of aliphatic imine (C=N–C) groups is 1. The average molecular weight is 363 g/mol. The van der Waals surface area contributed by atoms with E-state index in [-0.39, 0.29) is 29.2 Å². The van der Waals surface area contributed by atoms with Gasteiger partial charge in [0.1, 0.15) is 11.3 Å². The number of aliphatic hydroxyl groups excluding tert-OH is 1. The molecule has 1 N–H and O–H groups in total. The van der Waals surface area contributed by atoms with Gasteiger partial charge in [-0.3, -0.25) is 9.59 Å². The van der Waals surface area contributed by atoms with Crippen molar-refractivity contribution in [2.75, 3.05) is 7.11 Å². The van der Waals surface area contributed by atoms with Crippen molar-refractivity contribution in [3.05, 3.63) is 77.1 Å². The quantitative estimate of drug-likeness (QED) is 0.727. The first kappa shape index (κ1) is 18.6. The molecular formula is C22H21NO4. The van der Waals surface area contributed by atoms with Gasteiger partial charge in [0.2, 0.25) is 0 Å². The van der Waals surface area contributed by atoms with Crippen molar-refractivity contribution in [2.24, 2.45) is 4.99 Å². The highest BCUT2D eigenvalue weighted by atomic mass is 16.5. The molecule has 1 amide bonds. The first-order chi connectivity index (χ1) is 13.1. The molecule has 1 heterocycles. The highest BCUT2D eigenvalue weighted by Gasteiger charge is 2.31. The maximum Gasteiger partial charge on any atom is 0.284 e. The topological polar surface area (TPSA) is 76.0 Å². The summed E-state index contributed by atoms with van der Waals surface area (Å²) in [6.45, 7) is 0. The summed E-state index contributed by atoms with van der Waals surface area (Å²) in [7, 11) is 1.59. The van der Waals surface area contributed by atoms with Crippen LogP contribution in [0.3, 0.4) is 0 Å². The van der Waals surface area contributed by atoms with Gasteiger partial charge < -0.3 is 9.84 Å². The Kier molecular flexibility index (Phi) is 5.81. The summed E-state index contributed by atoms with van der Waals surface area (Å²) in [6.07, 6.45) is 1.67. The summed E-state index contributed by atoms with van der Waals surface area (Å²) < 4.78 is 5.10. The van der Waals surface area contributed by atoms with Crippen LogP contribution in [0, 0.1) is 0 Å². The number of aliphatic hydroxyl groups is 1. The van der Waals surface area contributed by atoms with Crippen molar-refractivity contribution < 1.29 is 19.4 Å². The molecule has 2 aromatic carbocycles. The summed E-state index contributed by atoms with van der Waals surface area (Å²) in [6, 6.07) is 17.1. The Morgan fingerprint density at radius 1 is 0.963 bits per heavy atom. The Bertz CT molecular complexity index is 896. The van der Waals surface area contributed by atoms with Crippen LogP contribution in [-0.2, 0) is 22.4 Å². The molecule has 0 aliphatic carbocycles. The fourth-order valence-corrected chi connectivity index (χ4v) is 2.99. The van der Waals surface area contributed by atoms with Gasteiger partial charge in [-0.05, 0) is 42.5 Å². The van der Waals surface area contributed by atoms with Crippen LogP contribution in [0.2, 0.25) is 0 Å². The zero-order chi connectivity index (χ0) is 19.2. The summed E-state index contributed by atoms with van der Waals surface area (Å²) in [4.78, 5) is 28.4. The molecule has 0 saturated carbocycles. The molecule has 3 rings (SSSR count). The van der Waals surface area contributed by atoms with Gasteiger partial charge in [0.05, 0.1) is 12.8 Å². The number of hydrogen-bond donors (Lipinski definition) is 1. The number of nitrogens with zero attached hydrogens (tertiary/aromatic N) is 1. The second-order valence-electron chi connectivity index (χ2n) is 6.34. The van der Waals surface area contributed by atoms with Gasteiger partial charge >= 0.3 is 0 Å². The van der Waals surface area contributed by atoms with Gasteiger partial charge in [0.25, 0.3) is 5.91 Å². The van der Waals surface area contributed by atoms with Crippen LogP contribution in [0.5, 0.6) is 5.75 Å². The Labute approximate surface area is 158 Å². The van der Waals surface area contributed by atoms with Crippen LogP contribution in [0.25, 0.3) is 0 Å². The zero-order valence-electron chi connectivity index (χ0n) is 15.1. The summed E-state index contributed by atoms with van der Waals surface area (Å²) >= 11 is 0. The van der Waals surface area contributed by atoms with Gasteiger partial charge in [-0.2, -0.15) is 0 Å². The molecular weight excluding hydrogens is 342 g/mol. The second-order valence-corrected chi connectivity index (χ2v) is 6.34. The number of benzene rings is 2. The van der Waals surface area contributed by atoms with E-state index in [0.717, 1.165) is 16.9 Å². The summed E-state index contributed by atoms with van der Waals surface area (Å²) in [5.41, 5.74) is 2.14. The molecule has 5 nitrogen and oxygen atoms in total. The minimum absolute atomic E-state index is 0.138. The van der Waals surface area contributed by atoms with E-state index >= 15 is 0 Å². The van der Waals surface area contributed by atoms with Crippen molar-refractivity contribution in [2.45, 2.75) is 25.7 Å². The third-order valence-corrected chi connectivity index (χ3v) is 4.53. The molecule has 2 aromatic rings. The number of hydrogen-bond acceptors (Lipinski definition) is 4. The van der Waals surface area contributed by atoms with E-state index in [1.165, 1.54) is 0 Å². The molecule has 138 valence electrons. The highest BCUT2D eigenvalue weighted by molar-refractivity contribution is 6.30. The Hall–Kier alpha value is -3.21. The van der Waals surface area contributed by atoms with E-state index in [1.807, 2.05) is 54.6 Å². The van der Waals surface area contributed by atoms with Crippen LogP contribution in [0.1, 0.15) is 24.0 Å². The lowest BCUT2D eigenvalue weighted by Gasteiger charge is -2.04. The van der Waals surface area contributed by atoms with Crippen LogP contribution in [-0.4, -0.2) is 29.6 Å². The second kappa shape index (κ2) is 8.45. The number of amides is 1. The van der Waals surface area contributed by atoms with Gasteiger partial charge in [-0.25, -0.2) is 4.99 Å². The van der Waals surface area contributed by atoms with Crippen LogP contribution < -0.4 is 4.74 Å². The molecule has 0 radical (unpaired) electrons. The third-order valence-electron chi connectivity index (χ3n) is 4.53. The number of Topliss-reactive ketones (excluding diaryl/α,β-unsaturated/α-hetero) is 1. The minimum Gasteiger partial charge on any atom is -0.505 e. The number of carbonyl (C=O) groups is 2. The highest BCUT2D eigenvalue weighted by Crippen LogP contribution is 2.21. The van der Waals surface area contributed by atoms with Gasteiger partial charge in [0, 0.05) is 6.42 Å². The monoisotopic (exact) mass is 363 g/mol. The number of rotatable bonds is 8. The van der Waals surface area contributed by atoms with Crippen molar-refractivity contribution >= 4 is 17.4 Å². The van der Waals surface area contributed by atoms with E-state index in [0.29, 0.717) is 19.3 Å². The summed E-state index contributed by atoms with van der Waals surface area (Å²) in [5.74, 6) is -0.550. The van der Waals surface area contributed by atoms with E-state index in [4.69, 9.17) is 4.74 Å². The Morgan fingerprint density at radius 2 is 1.63 bits per heavy atom. The molecule has 0 fully saturated rings. The lowest BCUT2D eigenvalue weighted by atomic mass is 10.0. The fourth-order valence-electron chi connectivity index (χ4n) is 2.99. The minimum atomic E-state index is -0.643. The first-order valence-corrected chi connectivity index (χ1v) is 8.84. The van der Waals surface area contributed by atoms with Crippen LogP contribution in [0.15, 0.2) is 70.9 Å². The summed E-state index contributed by atoms with van der Waals surface area (Å²) in [5, 5.41) is 10.3. The van der Waals surface area contributed by atoms with Crippen molar-refractivity contribution in [3.8, 4) is 5.75 Å². The largest absolute Gasteiger partial charge is 0.505 e. The number of aryl methyl sites for hydroxylation is 2. The normalized spacial score (nSPS) is 13.7. The number of ketones is 1. The van der Waals surface area contributed by atoms with Crippen molar-refractivity contribution in [1.82, 2.24) is 0 Å². The number of allylic oxidation sites excluding steroid dienone is 1. The smallest absolute Gasteiger partial charge is 0.284 e. The molecule has 0 spiro atoms. The molecule has 0 unspecified atom stereocenters. The predicted octanol–water partition coefficient (Wildman–Crippen LogP) is 3.62. The maximum atomic E-state index is 12.4. The maximum absolute atomic E-state index is 12.4. The molecule has 1 aliphatic rings. The average Bonchev–Trinajstić information content (AvgIpc) is 2.99. The Balaban J connectivity index is 1.61. The Morgan fingerprint density at radius 3 is 2.30 bits per heavy atom.